The van der Waals surface area contributed by atoms with E-state index in [9.17, 15) is 18.0 Å². The van der Waals surface area contributed by atoms with Gasteiger partial charge in [0.2, 0.25) is 11.8 Å². The van der Waals surface area contributed by atoms with Gasteiger partial charge in [-0.25, -0.2) is 8.42 Å². The van der Waals surface area contributed by atoms with Crippen molar-refractivity contribution in [1.29, 1.82) is 0 Å². The van der Waals surface area contributed by atoms with Crippen molar-refractivity contribution in [2.45, 2.75) is 19.3 Å². The summed E-state index contributed by atoms with van der Waals surface area (Å²) in [7, 11) is -3.26. The largest absolute Gasteiger partial charge is 0.274 e. The van der Waals surface area contributed by atoms with Gasteiger partial charge in [-0.1, -0.05) is 11.6 Å². The minimum atomic E-state index is -3.26. The Hall–Kier alpha value is -1.40. The Labute approximate surface area is 127 Å². The van der Waals surface area contributed by atoms with Crippen LogP contribution >= 0.6 is 11.6 Å². The molecule has 1 aromatic rings. The van der Waals surface area contributed by atoms with E-state index in [1.807, 2.05) is 0 Å². The summed E-state index contributed by atoms with van der Waals surface area (Å²) in [4.78, 5) is 26.0. The second kappa shape index (κ2) is 4.81. The molecule has 3 rings (SSSR count). The number of benzene rings is 1. The summed E-state index contributed by atoms with van der Waals surface area (Å²) in [6, 6.07) is 6.38. The van der Waals surface area contributed by atoms with Crippen molar-refractivity contribution in [2.75, 3.05) is 16.4 Å². The molecule has 2 heterocycles. The molecule has 0 aromatic heterocycles. The van der Waals surface area contributed by atoms with E-state index >= 15 is 0 Å². The molecule has 2 saturated heterocycles. The van der Waals surface area contributed by atoms with Crippen molar-refractivity contribution in [2.24, 2.45) is 5.41 Å². The summed E-state index contributed by atoms with van der Waals surface area (Å²) in [5, 5.41) is 0.507. The first kappa shape index (κ1) is 14.5. The Balaban J connectivity index is 1.97. The first-order chi connectivity index (χ1) is 9.83. The summed E-state index contributed by atoms with van der Waals surface area (Å²) < 4.78 is 23.7. The predicted octanol–water partition coefficient (Wildman–Crippen LogP) is 1.80. The van der Waals surface area contributed by atoms with E-state index in [0.29, 0.717) is 23.6 Å². The summed E-state index contributed by atoms with van der Waals surface area (Å²) in [6.07, 6.45) is 0.838. The van der Waals surface area contributed by atoms with Crippen LogP contribution in [0.2, 0.25) is 5.02 Å². The smallest absolute Gasteiger partial charge is 0.241 e. The number of hydrogen-bond acceptors (Lipinski definition) is 4. The molecule has 0 bridgehead atoms. The quantitative estimate of drug-likeness (QED) is 0.737. The highest BCUT2D eigenvalue weighted by Crippen LogP contribution is 2.43. The number of nitrogens with zero attached hydrogens (tertiary/aromatic N) is 1. The van der Waals surface area contributed by atoms with Gasteiger partial charge in [0, 0.05) is 11.4 Å². The second-order valence-corrected chi connectivity index (χ2v) is 8.28. The van der Waals surface area contributed by atoms with Crippen molar-refractivity contribution >= 4 is 38.9 Å². The van der Waals surface area contributed by atoms with Gasteiger partial charge in [0.15, 0.2) is 9.84 Å². The number of sulfone groups is 1. The van der Waals surface area contributed by atoms with Crippen molar-refractivity contribution in [3.05, 3.63) is 29.3 Å². The van der Waals surface area contributed by atoms with Crippen LogP contribution < -0.4 is 4.90 Å². The maximum absolute atomic E-state index is 12.7. The third-order valence-electron chi connectivity index (χ3n) is 4.09. The molecule has 0 saturated carbocycles. The maximum Gasteiger partial charge on any atom is 0.241 e. The van der Waals surface area contributed by atoms with Gasteiger partial charge in [-0.05, 0) is 37.1 Å². The lowest BCUT2D eigenvalue weighted by molar-refractivity contribution is -0.125. The molecule has 7 heteroatoms. The minimum Gasteiger partial charge on any atom is -0.274 e. The first-order valence-electron chi connectivity index (χ1n) is 6.66. The Morgan fingerprint density at radius 3 is 2.43 bits per heavy atom. The molecule has 21 heavy (non-hydrogen) atoms. The van der Waals surface area contributed by atoms with Gasteiger partial charge in [-0.15, -0.1) is 0 Å². The monoisotopic (exact) mass is 327 g/mol. The van der Waals surface area contributed by atoms with E-state index in [2.05, 4.69) is 0 Å². The van der Waals surface area contributed by atoms with Crippen molar-refractivity contribution < 1.29 is 18.0 Å². The zero-order chi connectivity index (χ0) is 15.3. The van der Waals surface area contributed by atoms with Crippen LogP contribution in [0.4, 0.5) is 5.69 Å². The molecule has 0 N–H and O–H groups in total. The number of rotatable bonds is 1. The molecular weight excluding hydrogens is 314 g/mol. The fourth-order valence-corrected chi connectivity index (χ4v) is 5.22. The number of amides is 2. The summed E-state index contributed by atoms with van der Waals surface area (Å²) in [6.45, 7) is 0. The van der Waals surface area contributed by atoms with Crippen LogP contribution in [0.3, 0.4) is 0 Å². The van der Waals surface area contributed by atoms with E-state index in [0.717, 1.165) is 4.90 Å². The Morgan fingerprint density at radius 2 is 1.81 bits per heavy atom. The molecule has 1 spiro atoms. The number of hydrogen-bond donors (Lipinski definition) is 0. The third kappa shape index (κ3) is 2.46. The van der Waals surface area contributed by atoms with Crippen molar-refractivity contribution in [1.82, 2.24) is 0 Å². The van der Waals surface area contributed by atoms with Crippen LogP contribution in [0.15, 0.2) is 24.3 Å². The molecule has 1 unspecified atom stereocenters. The van der Waals surface area contributed by atoms with Gasteiger partial charge >= 0.3 is 0 Å². The highest BCUT2D eigenvalue weighted by Gasteiger charge is 2.55. The molecule has 1 atom stereocenters. The Bertz CT molecular complexity index is 713. The van der Waals surface area contributed by atoms with E-state index in [-0.39, 0.29) is 23.8 Å². The van der Waals surface area contributed by atoms with Crippen LogP contribution in [0.1, 0.15) is 19.3 Å². The standard InChI is InChI=1S/C14H14ClNO4S/c15-10-2-4-11(5-3-10)16-12(17)8-14(13(16)18)6-1-7-21(19,20)9-14/h2-5H,1,6-9H2. The number of imide groups is 1. The van der Waals surface area contributed by atoms with E-state index in [4.69, 9.17) is 11.6 Å². The van der Waals surface area contributed by atoms with Gasteiger partial charge in [-0.3, -0.25) is 14.5 Å². The lowest BCUT2D eigenvalue weighted by Gasteiger charge is -2.30. The van der Waals surface area contributed by atoms with Crippen molar-refractivity contribution in [3.8, 4) is 0 Å². The third-order valence-corrected chi connectivity index (χ3v) is 6.24. The fourth-order valence-electron chi connectivity index (χ4n) is 3.15. The zero-order valence-electron chi connectivity index (χ0n) is 11.2. The highest BCUT2D eigenvalue weighted by atomic mass is 35.5. The van der Waals surface area contributed by atoms with Gasteiger partial charge in [0.1, 0.15) is 0 Å². The second-order valence-electron chi connectivity index (χ2n) is 5.66. The molecule has 0 radical (unpaired) electrons. The van der Waals surface area contributed by atoms with E-state index in [1.54, 1.807) is 24.3 Å². The Morgan fingerprint density at radius 1 is 1.14 bits per heavy atom. The maximum atomic E-state index is 12.7. The van der Waals surface area contributed by atoms with Gasteiger partial charge in [0.05, 0.1) is 22.6 Å². The van der Waals surface area contributed by atoms with Gasteiger partial charge < -0.3 is 0 Å². The van der Waals surface area contributed by atoms with Gasteiger partial charge in [-0.2, -0.15) is 0 Å². The minimum absolute atomic E-state index is 0.0340. The van der Waals surface area contributed by atoms with Crippen LogP contribution in [0.5, 0.6) is 0 Å². The predicted molar refractivity (Wildman–Crippen MR) is 78.9 cm³/mol. The number of anilines is 1. The molecular formula is C14H14ClNO4S. The van der Waals surface area contributed by atoms with Crippen LogP contribution in [0.25, 0.3) is 0 Å². The first-order valence-corrected chi connectivity index (χ1v) is 8.86. The zero-order valence-corrected chi connectivity index (χ0v) is 12.8. The van der Waals surface area contributed by atoms with Gasteiger partial charge in [0.25, 0.3) is 0 Å². The lowest BCUT2D eigenvalue weighted by Crippen LogP contribution is -2.43. The number of carbonyl (C=O) groups excluding carboxylic acids is 2. The molecule has 2 aliphatic rings. The molecule has 2 fully saturated rings. The highest BCUT2D eigenvalue weighted by molar-refractivity contribution is 7.91. The fraction of sp³-hybridized carbons (Fsp3) is 0.429. The SMILES string of the molecule is O=C1CC2(CCCS(=O)(=O)C2)C(=O)N1c1ccc(Cl)cc1. The normalized spacial score (nSPS) is 28.3. The summed E-state index contributed by atoms with van der Waals surface area (Å²) >= 11 is 5.80. The van der Waals surface area contributed by atoms with Crippen LogP contribution in [-0.2, 0) is 19.4 Å². The molecule has 5 nitrogen and oxygen atoms in total. The average molecular weight is 328 g/mol. The molecule has 2 amide bonds. The summed E-state index contributed by atoms with van der Waals surface area (Å²) in [5.41, 5.74) is -0.636. The van der Waals surface area contributed by atoms with Crippen molar-refractivity contribution in [3.63, 3.8) is 0 Å². The van der Waals surface area contributed by atoms with E-state index < -0.39 is 21.2 Å². The molecule has 1 aromatic carbocycles. The van der Waals surface area contributed by atoms with Crippen LogP contribution in [-0.4, -0.2) is 31.7 Å². The summed E-state index contributed by atoms with van der Waals surface area (Å²) in [5.74, 6) is -0.885. The van der Waals surface area contributed by atoms with E-state index in [1.165, 1.54) is 0 Å². The topological polar surface area (TPSA) is 71.5 Å². The molecule has 0 aliphatic carbocycles. The Kier molecular flexibility index (Phi) is 3.33. The molecule has 112 valence electrons. The number of carbonyl (C=O) groups is 2. The lowest BCUT2D eigenvalue weighted by atomic mass is 9.83. The average Bonchev–Trinajstić information content (AvgIpc) is 2.61. The number of halogens is 1. The molecule has 2 aliphatic heterocycles. The van der Waals surface area contributed by atoms with Crippen LogP contribution in [0, 0.1) is 5.41 Å².